The second-order valence-electron chi connectivity index (χ2n) is 10.3. The predicted molar refractivity (Wildman–Crippen MR) is 184 cm³/mol. The van der Waals surface area contributed by atoms with Crippen LogP contribution in [0.2, 0.25) is 0 Å². The zero-order chi connectivity index (χ0) is 33.6. The highest BCUT2D eigenvalue weighted by atomic mass is 32.1. The van der Waals surface area contributed by atoms with Gasteiger partial charge in [0.25, 0.3) is 0 Å². The molecule has 12 heteroatoms. The van der Waals surface area contributed by atoms with Gasteiger partial charge in [0.05, 0.1) is 41.7 Å². The van der Waals surface area contributed by atoms with Crippen molar-refractivity contribution < 1.29 is 38.1 Å². The molecule has 0 aliphatic carbocycles. The highest BCUT2D eigenvalue weighted by Gasteiger charge is 2.22. The molecule has 0 atom stereocenters. The minimum absolute atomic E-state index is 0.209. The molecule has 242 valence electrons. The molecule has 0 bridgehead atoms. The van der Waals surface area contributed by atoms with Crippen molar-refractivity contribution in [2.75, 3.05) is 20.3 Å². The fraction of sp³-hybridized carbons (Fsp3) is 0.139. The van der Waals surface area contributed by atoms with Crippen LogP contribution in [0, 0.1) is 6.92 Å². The number of benzene rings is 4. The maximum absolute atomic E-state index is 13.3. The summed E-state index contributed by atoms with van der Waals surface area (Å²) < 4.78 is 29.0. The van der Waals surface area contributed by atoms with Crippen molar-refractivity contribution in [1.29, 1.82) is 0 Å². The third-order valence-corrected chi connectivity index (χ3v) is 9.47. The molecule has 2 heterocycles. The van der Waals surface area contributed by atoms with Crippen LogP contribution >= 0.6 is 22.7 Å². The molecule has 10 nitrogen and oxygen atoms in total. The van der Waals surface area contributed by atoms with Gasteiger partial charge < -0.3 is 23.7 Å². The van der Waals surface area contributed by atoms with Crippen molar-refractivity contribution in [3.8, 4) is 33.0 Å². The Morgan fingerprint density at radius 3 is 2.04 bits per heavy atom. The zero-order valence-electron chi connectivity index (χ0n) is 25.9. The van der Waals surface area contributed by atoms with Gasteiger partial charge >= 0.3 is 17.9 Å². The van der Waals surface area contributed by atoms with E-state index in [-0.39, 0.29) is 18.1 Å². The highest BCUT2D eigenvalue weighted by molar-refractivity contribution is 7.28. The van der Waals surface area contributed by atoms with Gasteiger partial charge in [0.15, 0.2) is 21.5 Å². The number of ether oxygens (including phenoxy) is 5. The van der Waals surface area contributed by atoms with Crippen LogP contribution in [0.3, 0.4) is 0 Å². The lowest BCUT2D eigenvalue weighted by molar-refractivity contribution is -0.137. The van der Waals surface area contributed by atoms with Crippen LogP contribution in [-0.4, -0.2) is 48.2 Å². The lowest BCUT2D eigenvalue weighted by Crippen LogP contribution is -2.10. The number of esters is 3. The van der Waals surface area contributed by atoms with Gasteiger partial charge in [-0.15, -0.1) is 22.7 Å². The summed E-state index contributed by atoms with van der Waals surface area (Å²) in [6.45, 7) is 5.91. The van der Waals surface area contributed by atoms with Crippen molar-refractivity contribution in [3.05, 3.63) is 108 Å². The molecule has 6 rings (SSSR count). The summed E-state index contributed by atoms with van der Waals surface area (Å²) in [5.41, 5.74) is 2.96. The van der Waals surface area contributed by atoms with Crippen molar-refractivity contribution in [2.45, 2.75) is 13.3 Å². The van der Waals surface area contributed by atoms with Gasteiger partial charge in [-0.1, -0.05) is 18.7 Å². The van der Waals surface area contributed by atoms with E-state index in [0.29, 0.717) is 55.9 Å². The number of hydrogen-bond acceptors (Lipinski definition) is 12. The van der Waals surface area contributed by atoms with E-state index in [2.05, 4.69) is 6.58 Å². The monoisotopic (exact) mass is 680 g/mol. The molecule has 4 aromatic carbocycles. The number of methoxy groups -OCH3 is 1. The van der Waals surface area contributed by atoms with Crippen molar-refractivity contribution in [1.82, 2.24) is 9.97 Å². The zero-order valence-corrected chi connectivity index (χ0v) is 27.5. The molecule has 48 heavy (non-hydrogen) atoms. The average Bonchev–Trinajstić information content (AvgIpc) is 3.76. The van der Waals surface area contributed by atoms with Gasteiger partial charge in [-0.05, 0) is 79.2 Å². The van der Waals surface area contributed by atoms with E-state index in [1.54, 1.807) is 67.8 Å². The summed E-state index contributed by atoms with van der Waals surface area (Å²) >= 11 is 2.80. The molecular formula is C36H28N2O8S2. The minimum Gasteiger partial charge on any atom is -0.497 e. The maximum atomic E-state index is 13.3. The van der Waals surface area contributed by atoms with Gasteiger partial charge in [-0.25, -0.2) is 24.4 Å². The Hall–Kier alpha value is -5.59. The van der Waals surface area contributed by atoms with Crippen LogP contribution in [0.1, 0.15) is 32.7 Å². The van der Waals surface area contributed by atoms with Crippen LogP contribution in [0.4, 0.5) is 0 Å². The molecule has 0 saturated carbocycles. The molecule has 0 amide bonds. The quantitative estimate of drug-likeness (QED) is 0.0547. The number of thiazole rings is 2. The van der Waals surface area contributed by atoms with E-state index in [1.807, 2.05) is 25.1 Å². The van der Waals surface area contributed by atoms with E-state index in [4.69, 9.17) is 33.7 Å². The fourth-order valence-electron chi connectivity index (χ4n) is 4.61. The first-order chi connectivity index (χ1) is 23.3. The Labute approximate surface area is 283 Å². The molecule has 0 unspecified atom stereocenters. The van der Waals surface area contributed by atoms with Crippen molar-refractivity contribution in [3.63, 3.8) is 0 Å². The minimum atomic E-state index is -0.590. The molecule has 0 N–H and O–H groups in total. The molecule has 0 aliphatic rings. The molecule has 0 aliphatic heterocycles. The summed E-state index contributed by atoms with van der Waals surface area (Å²) in [4.78, 5) is 47.1. The fourth-order valence-corrected chi connectivity index (χ4v) is 6.69. The van der Waals surface area contributed by atoms with Gasteiger partial charge in [-0.2, -0.15) is 0 Å². The van der Waals surface area contributed by atoms with Crippen molar-refractivity contribution >= 4 is 61.0 Å². The highest BCUT2D eigenvalue weighted by Crippen LogP contribution is 2.43. The number of aryl methyl sites for hydroxylation is 1. The summed E-state index contributed by atoms with van der Waals surface area (Å²) in [5, 5.41) is 1.29. The Bertz CT molecular complexity index is 2140. The normalized spacial score (nSPS) is 10.9. The second kappa shape index (κ2) is 14.4. The first kappa shape index (κ1) is 32.4. The van der Waals surface area contributed by atoms with E-state index >= 15 is 0 Å². The Morgan fingerprint density at radius 2 is 1.38 bits per heavy atom. The van der Waals surface area contributed by atoms with E-state index in [0.717, 1.165) is 21.9 Å². The van der Waals surface area contributed by atoms with Gasteiger partial charge in [0.2, 0.25) is 0 Å². The topological polar surface area (TPSA) is 123 Å². The molecule has 6 aromatic rings. The summed E-state index contributed by atoms with van der Waals surface area (Å²) in [6.07, 6.45) is 1.60. The third kappa shape index (κ3) is 7.19. The van der Waals surface area contributed by atoms with Crippen LogP contribution in [0.25, 0.3) is 30.4 Å². The SMILES string of the molecule is C=CC(=O)OCCCOc1ccc(C(=O)Oc2ccc(OC(=O)c3ccc(OC)cc3)c3nc(-c4nc5cccc(C)c5s4)sc23)cc1. The van der Waals surface area contributed by atoms with Gasteiger partial charge in [0, 0.05) is 12.5 Å². The maximum Gasteiger partial charge on any atom is 0.343 e. The molecule has 2 aromatic heterocycles. The lowest BCUT2D eigenvalue weighted by atomic mass is 10.2. The summed E-state index contributed by atoms with van der Waals surface area (Å²) in [5.74, 6) is -0.0188. The van der Waals surface area contributed by atoms with Crippen LogP contribution in [0.5, 0.6) is 23.0 Å². The summed E-state index contributed by atoms with van der Waals surface area (Å²) in [7, 11) is 1.55. The number of hydrogen-bond donors (Lipinski definition) is 0. The first-order valence-corrected chi connectivity index (χ1v) is 16.4. The number of carbonyl (C=O) groups excluding carboxylic acids is 3. The first-order valence-electron chi connectivity index (χ1n) is 14.7. The second-order valence-corrected chi connectivity index (χ2v) is 12.3. The molecule has 0 spiro atoms. The van der Waals surface area contributed by atoms with E-state index < -0.39 is 17.9 Å². The van der Waals surface area contributed by atoms with Crippen LogP contribution < -0.4 is 18.9 Å². The number of fused-ring (bicyclic) bond motifs is 2. The summed E-state index contributed by atoms with van der Waals surface area (Å²) in [6, 6.07) is 22.1. The molecule has 0 fully saturated rings. The number of aromatic nitrogens is 2. The van der Waals surface area contributed by atoms with E-state index in [1.165, 1.54) is 22.7 Å². The van der Waals surface area contributed by atoms with Crippen molar-refractivity contribution in [2.24, 2.45) is 0 Å². The standard InChI is InChI=1S/C36H28N2O8S2/c1-4-29(39)44-20-6-19-43-25-15-11-23(12-16-25)36(41)46-28-18-17-27(45-35(40)22-9-13-24(42-3)14-10-22)30-32(28)48-34(38-30)33-37-26-8-5-7-21(2)31(26)47-33/h4-5,7-18H,1,6,19-20H2,2-3H3. The number of carbonyl (C=O) groups is 3. The predicted octanol–water partition coefficient (Wildman–Crippen LogP) is 7.83. The third-order valence-electron chi connectivity index (χ3n) is 7.05. The number of nitrogens with zero attached hydrogens (tertiary/aromatic N) is 2. The lowest BCUT2D eigenvalue weighted by Gasteiger charge is -2.10. The Morgan fingerprint density at radius 1 is 0.750 bits per heavy atom. The molecule has 0 saturated heterocycles. The smallest absolute Gasteiger partial charge is 0.343 e. The van der Waals surface area contributed by atoms with E-state index in [9.17, 15) is 14.4 Å². The van der Waals surface area contributed by atoms with Crippen LogP contribution in [0.15, 0.2) is 91.5 Å². The number of rotatable bonds is 12. The Kier molecular flexibility index (Phi) is 9.74. The largest absolute Gasteiger partial charge is 0.497 e. The Balaban J connectivity index is 1.25. The van der Waals surface area contributed by atoms with Crippen LogP contribution in [-0.2, 0) is 9.53 Å². The molecular weight excluding hydrogens is 653 g/mol. The van der Waals surface area contributed by atoms with Gasteiger partial charge in [-0.3, -0.25) is 0 Å². The average molecular weight is 681 g/mol. The van der Waals surface area contributed by atoms with Gasteiger partial charge in [0.1, 0.15) is 21.7 Å². The molecule has 0 radical (unpaired) electrons.